The van der Waals surface area contributed by atoms with Gasteiger partial charge in [0.2, 0.25) is 40.1 Å². The molecule has 5 aromatic carbocycles. The van der Waals surface area contributed by atoms with E-state index in [0.717, 1.165) is 27.8 Å². The van der Waals surface area contributed by atoms with Crippen molar-refractivity contribution in [1.29, 1.82) is 0 Å². The zero-order valence-electron chi connectivity index (χ0n) is 39.1. The normalized spacial score (nSPS) is 17.8. The predicted octanol–water partition coefficient (Wildman–Crippen LogP) is 7.45. The minimum absolute atomic E-state index is 0.0210. The van der Waals surface area contributed by atoms with Gasteiger partial charge in [0.1, 0.15) is 0 Å². The van der Waals surface area contributed by atoms with Crippen molar-refractivity contribution in [1.82, 2.24) is 22.1 Å². The molecule has 67 heavy (non-hydrogen) atoms. The highest BCUT2D eigenvalue weighted by molar-refractivity contribution is 7.90. The number of nitrogens with zero attached hydrogens (tertiary/aromatic N) is 5. The van der Waals surface area contributed by atoms with Gasteiger partial charge in [-0.1, -0.05) is 101 Å². The molecule has 17 heteroatoms. The van der Waals surface area contributed by atoms with Crippen LogP contribution in [-0.2, 0) is 46.6 Å². The molecule has 1 saturated heterocycles. The number of hydrogen-bond donors (Lipinski definition) is 0. The lowest BCUT2D eigenvalue weighted by Gasteiger charge is -2.29. The van der Waals surface area contributed by atoms with Gasteiger partial charge >= 0.3 is 0 Å². The fourth-order valence-corrected chi connectivity index (χ4v) is 14.2. The third-order valence-electron chi connectivity index (χ3n) is 12.1. The van der Waals surface area contributed by atoms with Gasteiger partial charge in [0, 0.05) is 58.9 Å². The van der Waals surface area contributed by atoms with E-state index in [4.69, 9.17) is 0 Å². The molecular formula is C50H65N5O8S4. The summed E-state index contributed by atoms with van der Waals surface area (Å²) in [6, 6.07) is 36.3. The maximum absolute atomic E-state index is 14.4. The highest BCUT2D eigenvalue weighted by atomic mass is 32.2. The van der Waals surface area contributed by atoms with Crippen LogP contribution in [0.5, 0.6) is 0 Å². The van der Waals surface area contributed by atoms with Gasteiger partial charge in [-0.15, -0.1) is 0 Å². The monoisotopic (exact) mass is 991 g/mol. The van der Waals surface area contributed by atoms with Crippen LogP contribution in [0.3, 0.4) is 0 Å². The molecule has 362 valence electrons. The Balaban J connectivity index is 1.38. The zero-order valence-corrected chi connectivity index (χ0v) is 42.3. The van der Waals surface area contributed by atoms with Gasteiger partial charge in [-0.2, -0.15) is 17.2 Å². The molecule has 1 heterocycles. The number of rotatable bonds is 10. The number of hydrogen-bond acceptors (Lipinski definition) is 9. The molecule has 0 spiro atoms. The SMILES string of the molecule is Cc1ccc(S(=O)(=O)N2CCCN(Cc3ccccc3)CCCN(S(=O)(=O)c3ccc(C)cc3)CCCN(S(=O)(=O)c3ccc(C)cc3)CCCN(S(=O)(=O)c3ccc(C)cc3)CCC2)cc1. The maximum atomic E-state index is 14.4. The molecule has 0 bridgehead atoms. The van der Waals surface area contributed by atoms with E-state index in [9.17, 15) is 33.7 Å². The lowest BCUT2D eigenvalue weighted by Crippen LogP contribution is -2.41. The Kier molecular flexibility index (Phi) is 18.1. The summed E-state index contributed by atoms with van der Waals surface area (Å²) in [4.78, 5) is 2.64. The van der Waals surface area contributed by atoms with E-state index in [0.29, 0.717) is 32.5 Å². The fourth-order valence-electron chi connectivity index (χ4n) is 8.17. The van der Waals surface area contributed by atoms with E-state index in [1.165, 1.54) is 17.2 Å². The van der Waals surface area contributed by atoms with Crippen LogP contribution in [0.15, 0.2) is 147 Å². The molecule has 0 atom stereocenters. The van der Waals surface area contributed by atoms with Gasteiger partial charge in [-0.3, -0.25) is 4.90 Å². The molecule has 5 aromatic rings. The van der Waals surface area contributed by atoms with Crippen LogP contribution in [-0.4, -0.2) is 121 Å². The van der Waals surface area contributed by atoms with Crippen LogP contribution in [0.1, 0.15) is 59.9 Å². The van der Waals surface area contributed by atoms with Gasteiger partial charge in [0.05, 0.1) is 19.6 Å². The molecule has 0 aliphatic carbocycles. The van der Waals surface area contributed by atoms with Crippen LogP contribution in [0.4, 0.5) is 0 Å². The smallest absolute Gasteiger partial charge is 0.243 e. The van der Waals surface area contributed by atoms with Crippen molar-refractivity contribution in [3.8, 4) is 0 Å². The average molecular weight is 992 g/mol. The Morgan fingerprint density at radius 3 is 0.776 bits per heavy atom. The summed E-state index contributed by atoms with van der Waals surface area (Å²) < 4.78 is 121. The van der Waals surface area contributed by atoms with Crippen molar-refractivity contribution in [3.63, 3.8) is 0 Å². The van der Waals surface area contributed by atoms with E-state index in [-0.39, 0.29) is 91.2 Å². The largest absolute Gasteiger partial charge is 0.299 e. The molecule has 13 nitrogen and oxygen atoms in total. The minimum atomic E-state index is -4.11. The molecule has 6 rings (SSSR count). The minimum Gasteiger partial charge on any atom is -0.299 e. The predicted molar refractivity (Wildman–Crippen MR) is 265 cm³/mol. The lowest BCUT2D eigenvalue weighted by molar-refractivity contribution is 0.237. The van der Waals surface area contributed by atoms with E-state index < -0.39 is 40.1 Å². The first-order valence-electron chi connectivity index (χ1n) is 22.9. The molecule has 0 saturated carbocycles. The second-order valence-electron chi connectivity index (χ2n) is 17.4. The standard InChI is InChI=1S/C50H65N5O8S4/c1-42-15-23-47(24-16-42)64(56,57)52-33-8-31-51(41-46-13-6-5-7-14-46)32-9-34-53(65(58,59)48-25-17-43(2)18-26-48)36-11-38-55(67(62,63)50-29-21-45(4)22-30-50)40-12-39-54(37-10-35-52)66(60,61)49-27-19-44(3)20-28-49/h5-7,13-30H,8-12,31-41H2,1-4H3. The molecule has 0 N–H and O–H groups in total. The van der Waals surface area contributed by atoms with Gasteiger partial charge in [-0.25, -0.2) is 33.7 Å². The van der Waals surface area contributed by atoms with E-state index in [2.05, 4.69) is 4.90 Å². The Bertz CT molecular complexity index is 2640. The lowest BCUT2D eigenvalue weighted by atomic mass is 10.2. The summed E-state index contributed by atoms with van der Waals surface area (Å²) in [6.45, 7) is 9.28. The average Bonchev–Trinajstić information content (AvgIpc) is 3.29. The van der Waals surface area contributed by atoms with Gasteiger partial charge in [0.25, 0.3) is 0 Å². The summed E-state index contributed by atoms with van der Waals surface area (Å²) in [5, 5.41) is 0. The third kappa shape index (κ3) is 13.9. The van der Waals surface area contributed by atoms with Gasteiger partial charge in [-0.05, 0) is 127 Å². The van der Waals surface area contributed by atoms with Crippen LogP contribution < -0.4 is 0 Å². The zero-order chi connectivity index (χ0) is 48.2. The van der Waals surface area contributed by atoms with E-state index >= 15 is 0 Å². The van der Waals surface area contributed by atoms with Crippen molar-refractivity contribution in [2.24, 2.45) is 0 Å². The number of aryl methyl sites for hydroxylation is 4. The third-order valence-corrected chi connectivity index (χ3v) is 19.7. The van der Waals surface area contributed by atoms with Crippen LogP contribution in [0.25, 0.3) is 0 Å². The first-order valence-corrected chi connectivity index (χ1v) is 28.7. The second kappa shape index (κ2) is 23.3. The second-order valence-corrected chi connectivity index (χ2v) is 25.1. The molecule has 1 aliphatic heterocycles. The van der Waals surface area contributed by atoms with Crippen LogP contribution >= 0.6 is 0 Å². The topological polar surface area (TPSA) is 153 Å². The Hall–Kier alpha value is -4.30. The molecule has 0 aromatic heterocycles. The van der Waals surface area contributed by atoms with Gasteiger partial charge in [0.15, 0.2) is 0 Å². The maximum Gasteiger partial charge on any atom is 0.243 e. The highest BCUT2D eigenvalue weighted by Gasteiger charge is 2.31. The molecular weight excluding hydrogens is 927 g/mol. The molecule has 0 amide bonds. The number of benzene rings is 5. The quantitative estimate of drug-likeness (QED) is 0.139. The van der Waals surface area contributed by atoms with Crippen molar-refractivity contribution < 1.29 is 33.7 Å². The molecule has 0 unspecified atom stereocenters. The molecule has 1 aliphatic rings. The van der Waals surface area contributed by atoms with Crippen LogP contribution in [0.2, 0.25) is 0 Å². The molecule has 0 radical (unpaired) electrons. The Labute approximate surface area is 400 Å². The Morgan fingerprint density at radius 1 is 0.313 bits per heavy atom. The first kappa shape index (κ1) is 52.1. The summed E-state index contributed by atoms with van der Waals surface area (Å²) in [7, 11) is -16.2. The van der Waals surface area contributed by atoms with E-state index in [1.54, 1.807) is 97.1 Å². The van der Waals surface area contributed by atoms with Crippen molar-refractivity contribution in [2.45, 2.75) is 85.9 Å². The summed E-state index contributed by atoms with van der Waals surface area (Å²) in [5.41, 5.74) is 4.64. The van der Waals surface area contributed by atoms with Crippen LogP contribution in [0, 0.1) is 27.7 Å². The Morgan fingerprint density at radius 2 is 0.537 bits per heavy atom. The highest BCUT2D eigenvalue weighted by Crippen LogP contribution is 2.24. The summed E-state index contributed by atoms with van der Waals surface area (Å²) in [5.74, 6) is 0. The van der Waals surface area contributed by atoms with Crippen molar-refractivity contribution >= 4 is 40.1 Å². The number of sulfonamides is 4. The molecule has 1 fully saturated rings. The van der Waals surface area contributed by atoms with Gasteiger partial charge < -0.3 is 0 Å². The fraction of sp³-hybridized carbons (Fsp3) is 0.400. The van der Waals surface area contributed by atoms with Crippen molar-refractivity contribution in [3.05, 3.63) is 155 Å². The first-order chi connectivity index (χ1) is 31.9. The van der Waals surface area contributed by atoms with E-state index in [1.807, 2.05) is 58.0 Å². The van der Waals surface area contributed by atoms with Crippen molar-refractivity contribution in [2.75, 3.05) is 65.4 Å². The summed E-state index contributed by atoms with van der Waals surface area (Å²) in [6.07, 6.45) is 1.39. The summed E-state index contributed by atoms with van der Waals surface area (Å²) >= 11 is 0.